The van der Waals surface area contributed by atoms with Gasteiger partial charge in [-0.25, -0.2) is 0 Å². The Balaban J connectivity index is 3.99. The monoisotopic (exact) mass is 177 g/mol. The molecule has 0 aliphatic rings. The van der Waals surface area contributed by atoms with Crippen LogP contribution in [0.15, 0.2) is 0 Å². The van der Waals surface area contributed by atoms with Crippen LogP contribution in [-0.2, 0) is 14.8 Å². The molecule has 0 fully saturated rings. The summed E-state index contributed by atoms with van der Waals surface area (Å²) in [4.78, 5) is 0. The molecule has 0 aromatic rings. The molecular weight excluding hydrogens is 164 g/mol. The molecule has 0 aliphatic carbocycles. The topological polar surface area (TPSA) is 67.2 Å². The highest BCUT2D eigenvalue weighted by Gasteiger charge is 2.14. The normalized spacial score (nSPS) is 16.7. The molecule has 11 heavy (non-hydrogen) atoms. The first-order valence-electron chi connectivity index (χ1n) is 3.35. The van der Waals surface area contributed by atoms with Gasteiger partial charge in [-0.05, 0) is 6.42 Å². The van der Waals surface area contributed by atoms with Crippen molar-refractivity contribution in [2.45, 2.75) is 12.8 Å². The van der Waals surface area contributed by atoms with Gasteiger partial charge in [0.15, 0.2) is 0 Å². The third kappa shape index (κ3) is 4.36. The number of hydrogen-bond donors (Lipinski definition) is 0. The van der Waals surface area contributed by atoms with Crippen LogP contribution in [0.25, 0.3) is 5.14 Å². The quantitative estimate of drug-likeness (QED) is 0.468. The first kappa shape index (κ1) is 10.9. The summed E-state index contributed by atoms with van der Waals surface area (Å²) < 4.78 is 22.4. The van der Waals surface area contributed by atoms with Crippen LogP contribution in [0, 0.1) is 13.8 Å². The van der Waals surface area contributed by atoms with Crippen molar-refractivity contribution in [2.24, 2.45) is 0 Å². The maximum absolute atomic E-state index is 10.6. The Morgan fingerprint density at radius 2 is 2.18 bits per heavy atom. The molecule has 0 aromatic carbocycles. The lowest BCUT2D eigenvalue weighted by atomic mass is 10.4. The van der Waals surface area contributed by atoms with Crippen LogP contribution < -0.4 is 0 Å². The summed E-state index contributed by atoms with van der Waals surface area (Å²) in [6.07, 6.45) is 0.968. The molecule has 0 amide bonds. The van der Waals surface area contributed by atoms with Crippen molar-refractivity contribution < 1.29 is 8.76 Å². The van der Waals surface area contributed by atoms with Gasteiger partial charge < -0.3 is 9.69 Å². The van der Waals surface area contributed by atoms with Gasteiger partial charge in [-0.3, -0.25) is 0 Å². The molecule has 0 spiro atoms. The lowest BCUT2D eigenvalue weighted by Gasteiger charge is -2.28. The highest BCUT2D eigenvalue weighted by Crippen LogP contribution is 2.08. The summed E-state index contributed by atoms with van der Waals surface area (Å²) in [7, 11) is -3.79. The maximum atomic E-state index is 10.6. The minimum Gasteiger partial charge on any atom is -0.608 e. The number of nitrogens with one attached hydrogen (secondary N) is 1. The van der Waals surface area contributed by atoms with E-state index in [4.69, 9.17) is 5.14 Å². The fourth-order valence-corrected chi connectivity index (χ4v) is 1.44. The molecule has 1 atom stereocenters. The van der Waals surface area contributed by atoms with E-state index in [1.807, 2.05) is 0 Å². The van der Waals surface area contributed by atoms with Gasteiger partial charge in [0.25, 0.3) is 0 Å². The van der Waals surface area contributed by atoms with Crippen LogP contribution in [0.2, 0.25) is 0 Å². The van der Waals surface area contributed by atoms with Gasteiger partial charge in [0.2, 0.25) is 0 Å². The van der Waals surface area contributed by atoms with Crippen molar-refractivity contribution in [1.82, 2.24) is 4.31 Å². The van der Waals surface area contributed by atoms with Crippen LogP contribution in [-0.4, -0.2) is 21.9 Å². The van der Waals surface area contributed by atoms with E-state index in [0.717, 1.165) is 4.31 Å². The second kappa shape index (κ2) is 4.71. The SMILES string of the molecule is [CH2]CCN(CC[CH2+])[S+]([NH-])(=O)[O-]. The minimum atomic E-state index is -3.79. The minimum absolute atomic E-state index is 0.307. The molecule has 0 aliphatic heterocycles. The van der Waals surface area contributed by atoms with E-state index in [0.29, 0.717) is 25.9 Å². The van der Waals surface area contributed by atoms with E-state index in [9.17, 15) is 8.76 Å². The lowest BCUT2D eigenvalue weighted by molar-refractivity contribution is 0.369. The molecule has 65 valence electrons. The fourth-order valence-electron chi connectivity index (χ4n) is 0.705. The van der Waals surface area contributed by atoms with Crippen molar-refractivity contribution >= 4 is 10.6 Å². The second-order valence-corrected chi connectivity index (χ2v) is 3.58. The average molecular weight is 177 g/mol. The summed E-state index contributed by atoms with van der Waals surface area (Å²) in [5, 5.41) is 6.74. The highest BCUT2D eigenvalue weighted by molar-refractivity contribution is 7.97. The van der Waals surface area contributed by atoms with Crippen LogP contribution >= 0.6 is 0 Å². The Morgan fingerprint density at radius 1 is 1.64 bits per heavy atom. The van der Waals surface area contributed by atoms with Crippen LogP contribution in [0.4, 0.5) is 0 Å². The predicted molar refractivity (Wildman–Crippen MR) is 44.7 cm³/mol. The van der Waals surface area contributed by atoms with E-state index >= 15 is 0 Å². The van der Waals surface area contributed by atoms with Crippen molar-refractivity contribution in [3.05, 3.63) is 19.0 Å². The molecule has 5 heteroatoms. The maximum Gasteiger partial charge on any atom is 0.102 e. The molecule has 0 bridgehead atoms. The Bertz CT molecular complexity index is 140. The Kier molecular flexibility index (Phi) is 4.67. The molecule has 0 heterocycles. The van der Waals surface area contributed by atoms with E-state index in [1.54, 1.807) is 0 Å². The summed E-state index contributed by atoms with van der Waals surface area (Å²) in [6.45, 7) is 7.64. The summed E-state index contributed by atoms with van der Waals surface area (Å²) in [5.74, 6) is 0. The molecular formula is C6H13N2O2S. The Labute approximate surface area is 69.3 Å². The van der Waals surface area contributed by atoms with Crippen molar-refractivity contribution in [1.29, 1.82) is 0 Å². The zero-order valence-corrected chi connectivity index (χ0v) is 7.23. The fraction of sp³-hybridized carbons (Fsp3) is 0.667. The predicted octanol–water partition coefficient (Wildman–Crippen LogP) is 1.25. The van der Waals surface area contributed by atoms with Gasteiger partial charge in [-0.2, -0.15) is 0 Å². The zero-order valence-electron chi connectivity index (χ0n) is 6.41. The van der Waals surface area contributed by atoms with Gasteiger partial charge in [0.1, 0.15) is 6.42 Å². The van der Waals surface area contributed by atoms with Crippen molar-refractivity contribution in [3.8, 4) is 0 Å². The molecule has 1 unspecified atom stereocenters. The van der Waals surface area contributed by atoms with Crippen LogP contribution in [0.3, 0.4) is 0 Å². The third-order valence-electron chi connectivity index (χ3n) is 1.15. The standard InChI is InChI=1S/C6H13N2O2S/c1-3-5-8(6-4-2)11(7,9)10/h1-6H2,(H-2,7,9,10). The van der Waals surface area contributed by atoms with Gasteiger partial charge in [-0.15, -0.1) is 4.31 Å². The molecule has 1 radical (unpaired) electrons. The van der Waals surface area contributed by atoms with Crippen molar-refractivity contribution in [3.63, 3.8) is 0 Å². The van der Waals surface area contributed by atoms with Gasteiger partial charge >= 0.3 is 0 Å². The van der Waals surface area contributed by atoms with E-state index in [-0.39, 0.29) is 0 Å². The molecule has 0 saturated carbocycles. The van der Waals surface area contributed by atoms with Crippen LogP contribution in [0.1, 0.15) is 12.8 Å². The molecule has 4 nitrogen and oxygen atoms in total. The van der Waals surface area contributed by atoms with E-state index in [2.05, 4.69) is 13.8 Å². The first-order chi connectivity index (χ1) is 5.02. The molecule has 0 rings (SSSR count). The number of rotatable bonds is 5. The second-order valence-electron chi connectivity index (χ2n) is 2.11. The number of nitrogens with zero attached hydrogens (tertiary/aromatic N) is 1. The Morgan fingerprint density at radius 3 is 2.45 bits per heavy atom. The average Bonchev–Trinajstić information content (AvgIpc) is 1.85. The smallest absolute Gasteiger partial charge is 0.102 e. The summed E-state index contributed by atoms with van der Waals surface area (Å²) >= 11 is 0. The van der Waals surface area contributed by atoms with Gasteiger partial charge in [0.05, 0.1) is 24.1 Å². The number of hydrogen-bond acceptors (Lipinski definition) is 2. The van der Waals surface area contributed by atoms with Gasteiger partial charge in [0, 0.05) is 6.54 Å². The van der Waals surface area contributed by atoms with Crippen LogP contribution in [0.5, 0.6) is 0 Å². The molecule has 0 aromatic heterocycles. The summed E-state index contributed by atoms with van der Waals surface area (Å²) in [5.41, 5.74) is 0. The van der Waals surface area contributed by atoms with E-state index in [1.165, 1.54) is 0 Å². The van der Waals surface area contributed by atoms with Crippen molar-refractivity contribution in [2.75, 3.05) is 13.1 Å². The Hall–Kier alpha value is -0.100. The largest absolute Gasteiger partial charge is 0.608 e. The lowest BCUT2D eigenvalue weighted by Crippen LogP contribution is -2.34. The van der Waals surface area contributed by atoms with E-state index < -0.39 is 10.6 Å². The molecule has 0 saturated heterocycles. The summed E-state index contributed by atoms with van der Waals surface area (Å²) in [6, 6.07) is 0. The third-order valence-corrected chi connectivity index (χ3v) is 2.20. The molecule has 1 N–H and O–H groups in total. The highest BCUT2D eigenvalue weighted by atomic mass is 32.3. The first-order valence-corrected chi connectivity index (χ1v) is 4.79. The van der Waals surface area contributed by atoms with Gasteiger partial charge in [-0.1, -0.05) is 11.1 Å². The zero-order chi connectivity index (χ0) is 8.91.